The van der Waals surface area contributed by atoms with Crippen LogP contribution in [0.25, 0.3) is 11.4 Å². The van der Waals surface area contributed by atoms with Gasteiger partial charge in [-0.15, -0.1) is 0 Å². The molecular formula is C24H31N5O4. The molecule has 9 nitrogen and oxygen atoms in total. The van der Waals surface area contributed by atoms with Gasteiger partial charge in [-0.25, -0.2) is 14.8 Å². The second kappa shape index (κ2) is 10.9. The normalized spacial score (nSPS) is 16.1. The van der Waals surface area contributed by atoms with Gasteiger partial charge >= 0.3 is 6.09 Å². The molecule has 2 N–H and O–H groups in total. The Morgan fingerprint density at radius 1 is 1.06 bits per heavy atom. The van der Waals surface area contributed by atoms with Crippen LogP contribution in [0.1, 0.15) is 44.0 Å². The number of rotatable bonds is 6. The first kappa shape index (κ1) is 24.2. The van der Waals surface area contributed by atoms with Gasteiger partial charge in [-0.05, 0) is 33.6 Å². The van der Waals surface area contributed by atoms with E-state index in [1.54, 1.807) is 25.7 Å². The average Bonchev–Trinajstić information content (AvgIpc) is 2.81. The van der Waals surface area contributed by atoms with Gasteiger partial charge < -0.3 is 20.3 Å². The molecule has 9 heteroatoms. The summed E-state index contributed by atoms with van der Waals surface area (Å²) in [4.78, 5) is 47.5. The van der Waals surface area contributed by atoms with Crippen LogP contribution in [0.15, 0.2) is 42.7 Å². The van der Waals surface area contributed by atoms with Crippen molar-refractivity contribution in [1.82, 2.24) is 25.5 Å². The fraction of sp³-hybridized carbons (Fsp3) is 0.458. The molecule has 1 unspecified atom stereocenters. The Kier molecular flexibility index (Phi) is 7.97. The fourth-order valence-corrected chi connectivity index (χ4v) is 3.54. The number of amides is 3. The van der Waals surface area contributed by atoms with Crippen molar-refractivity contribution in [3.05, 3.63) is 48.3 Å². The van der Waals surface area contributed by atoms with Crippen LogP contribution in [-0.2, 0) is 9.53 Å². The lowest BCUT2D eigenvalue weighted by Gasteiger charge is -2.32. The van der Waals surface area contributed by atoms with Gasteiger partial charge in [0, 0.05) is 44.1 Å². The van der Waals surface area contributed by atoms with Crippen LogP contribution in [0.3, 0.4) is 0 Å². The number of benzene rings is 1. The molecule has 1 aromatic heterocycles. The van der Waals surface area contributed by atoms with Gasteiger partial charge in [0.25, 0.3) is 5.91 Å². The maximum Gasteiger partial charge on any atom is 0.407 e. The summed E-state index contributed by atoms with van der Waals surface area (Å²) in [6, 6.07) is 9.55. The summed E-state index contributed by atoms with van der Waals surface area (Å²) in [5.74, 6) is -0.0513. The minimum atomic E-state index is -0.571. The van der Waals surface area contributed by atoms with Gasteiger partial charge in [-0.1, -0.05) is 30.3 Å². The molecule has 2 heterocycles. The number of nitrogens with one attached hydrogen (secondary N) is 2. The summed E-state index contributed by atoms with van der Waals surface area (Å²) < 4.78 is 5.16. The Labute approximate surface area is 193 Å². The first-order valence-electron chi connectivity index (χ1n) is 11.1. The lowest BCUT2D eigenvalue weighted by molar-refractivity contribution is -0.126. The van der Waals surface area contributed by atoms with E-state index in [0.717, 1.165) is 12.0 Å². The smallest absolute Gasteiger partial charge is 0.407 e. The molecular weight excluding hydrogens is 422 g/mol. The highest BCUT2D eigenvalue weighted by Crippen LogP contribution is 2.19. The molecule has 2 aromatic rings. The van der Waals surface area contributed by atoms with Gasteiger partial charge in [0.05, 0.1) is 11.5 Å². The Morgan fingerprint density at radius 3 is 2.39 bits per heavy atom. The van der Waals surface area contributed by atoms with E-state index in [2.05, 4.69) is 20.6 Å². The van der Waals surface area contributed by atoms with Crippen molar-refractivity contribution in [2.75, 3.05) is 26.2 Å². The van der Waals surface area contributed by atoms with Crippen molar-refractivity contribution < 1.29 is 19.1 Å². The number of ether oxygens (including phenoxy) is 1. The number of hydrogen-bond donors (Lipinski definition) is 2. The van der Waals surface area contributed by atoms with Crippen LogP contribution in [0, 0.1) is 5.92 Å². The summed E-state index contributed by atoms with van der Waals surface area (Å²) >= 11 is 0. The standard InChI is InChI=1S/C24H31N5O4/c1-24(2,3)33-23(32)26-12-11-25-21(30)18-10-7-13-29(16-18)22(31)19-14-27-20(28-15-19)17-8-5-4-6-9-17/h4-6,8-9,14-15,18H,7,10-13,16H2,1-3H3,(H,25,30)(H,26,32). The second-order valence-corrected chi connectivity index (χ2v) is 8.97. The number of likely N-dealkylation sites (tertiary alicyclic amines) is 1. The summed E-state index contributed by atoms with van der Waals surface area (Å²) in [7, 11) is 0. The van der Waals surface area contributed by atoms with Crippen LogP contribution in [0.5, 0.6) is 0 Å². The zero-order chi connectivity index (χ0) is 23.8. The lowest BCUT2D eigenvalue weighted by atomic mass is 9.96. The van der Waals surface area contributed by atoms with E-state index in [1.165, 1.54) is 12.4 Å². The Balaban J connectivity index is 1.48. The summed E-state index contributed by atoms with van der Waals surface area (Å²) in [5, 5.41) is 5.43. The maximum atomic E-state index is 12.9. The third kappa shape index (κ3) is 7.27. The maximum absolute atomic E-state index is 12.9. The lowest BCUT2D eigenvalue weighted by Crippen LogP contribution is -2.46. The molecule has 176 valence electrons. The molecule has 1 aliphatic rings. The highest BCUT2D eigenvalue weighted by Gasteiger charge is 2.29. The van der Waals surface area contributed by atoms with E-state index in [1.807, 2.05) is 30.3 Å². The quantitative estimate of drug-likeness (QED) is 0.650. The summed E-state index contributed by atoms with van der Waals surface area (Å²) in [6.45, 7) is 6.84. The number of carbonyl (C=O) groups excluding carboxylic acids is 3. The summed E-state index contributed by atoms with van der Waals surface area (Å²) in [6.07, 6.45) is 3.99. The SMILES string of the molecule is CC(C)(C)OC(=O)NCCNC(=O)C1CCCN(C(=O)c2cnc(-c3ccccc3)nc2)C1. The molecule has 3 amide bonds. The molecule has 1 fully saturated rings. The van der Waals surface area contributed by atoms with Crippen molar-refractivity contribution in [3.8, 4) is 11.4 Å². The molecule has 33 heavy (non-hydrogen) atoms. The number of carbonyl (C=O) groups is 3. The first-order valence-corrected chi connectivity index (χ1v) is 11.1. The third-order valence-electron chi connectivity index (χ3n) is 5.10. The minimum Gasteiger partial charge on any atom is -0.444 e. The predicted molar refractivity (Wildman–Crippen MR) is 123 cm³/mol. The van der Waals surface area contributed by atoms with Gasteiger partial charge in [0.2, 0.25) is 5.91 Å². The van der Waals surface area contributed by atoms with E-state index >= 15 is 0 Å². The number of aromatic nitrogens is 2. The fourth-order valence-electron chi connectivity index (χ4n) is 3.54. The van der Waals surface area contributed by atoms with Crippen molar-refractivity contribution in [2.45, 2.75) is 39.2 Å². The molecule has 1 atom stereocenters. The Morgan fingerprint density at radius 2 is 1.73 bits per heavy atom. The van der Waals surface area contributed by atoms with Crippen molar-refractivity contribution >= 4 is 17.9 Å². The molecule has 1 aromatic carbocycles. The van der Waals surface area contributed by atoms with E-state index in [4.69, 9.17) is 4.74 Å². The van der Waals surface area contributed by atoms with Crippen LogP contribution >= 0.6 is 0 Å². The zero-order valence-corrected chi connectivity index (χ0v) is 19.3. The predicted octanol–water partition coefficient (Wildman–Crippen LogP) is 2.64. The number of hydrogen-bond acceptors (Lipinski definition) is 6. The Bertz CT molecular complexity index is 957. The van der Waals surface area contributed by atoms with E-state index in [-0.39, 0.29) is 30.8 Å². The largest absolute Gasteiger partial charge is 0.444 e. The van der Waals surface area contributed by atoms with Crippen molar-refractivity contribution in [2.24, 2.45) is 5.92 Å². The average molecular weight is 454 g/mol. The molecule has 3 rings (SSSR count). The number of piperidine rings is 1. The van der Waals surface area contributed by atoms with Gasteiger partial charge in [-0.3, -0.25) is 9.59 Å². The number of alkyl carbamates (subject to hydrolysis) is 1. The monoisotopic (exact) mass is 453 g/mol. The van der Waals surface area contributed by atoms with Crippen LogP contribution < -0.4 is 10.6 Å². The van der Waals surface area contributed by atoms with Crippen LogP contribution in [0.2, 0.25) is 0 Å². The van der Waals surface area contributed by atoms with Gasteiger partial charge in [0.15, 0.2) is 5.82 Å². The molecule has 1 aliphatic heterocycles. The van der Waals surface area contributed by atoms with Gasteiger partial charge in [0.1, 0.15) is 5.60 Å². The van der Waals surface area contributed by atoms with E-state index < -0.39 is 11.7 Å². The minimum absolute atomic E-state index is 0.130. The molecule has 0 spiro atoms. The van der Waals surface area contributed by atoms with Gasteiger partial charge in [-0.2, -0.15) is 0 Å². The first-order chi connectivity index (χ1) is 15.7. The van der Waals surface area contributed by atoms with E-state index in [9.17, 15) is 14.4 Å². The van der Waals surface area contributed by atoms with E-state index in [0.29, 0.717) is 30.9 Å². The molecule has 0 saturated carbocycles. The molecule has 1 saturated heterocycles. The molecule has 0 aliphatic carbocycles. The molecule has 0 radical (unpaired) electrons. The molecule has 0 bridgehead atoms. The topological polar surface area (TPSA) is 114 Å². The van der Waals surface area contributed by atoms with Crippen LogP contribution in [-0.4, -0.2) is 64.6 Å². The summed E-state index contributed by atoms with van der Waals surface area (Å²) in [5.41, 5.74) is 0.711. The van der Waals surface area contributed by atoms with Crippen molar-refractivity contribution in [3.63, 3.8) is 0 Å². The zero-order valence-electron chi connectivity index (χ0n) is 19.3. The van der Waals surface area contributed by atoms with Crippen molar-refractivity contribution in [1.29, 1.82) is 0 Å². The third-order valence-corrected chi connectivity index (χ3v) is 5.10. The highest BCUT2D eigenvalue weighted by molar-refractivity contribution is 5.94. The highest BCUT2D eigenvalue weighted by atomic mass is 16.6. The van der Waals surface area contributed by atoms with Crippen LogP contribution in [0.4, 0.5) is 4.79 Å². The second-order valence-electron chi connectivity index (χ2n) is 8.97. The Hall–Kier alpha value is -3.49. The number of nitrogens with zero attached hydrogens (tertiary/aromatic N) is 3.